The summed E-state index contributed by atoms with van der Waals surface area (Å²) < 4.78 is 82.9. The van der Waals surface area contributed by atoms with E-state index in [9.17, 15) is 36.6 Å². The number of phenols is 2. The van der Waals surface area contributed by atoms with Crippen molar-refractivity contribution in [3.05, 3.63) is 154 Å². The Labute approximate surface area is 319 Å². The largest absolute Gasteiger partial charge is 0.508 e. The van der Waals surface area contributed by atoms with E-state index < -0.39 is 40.8 Å². The van der Waals surface area contributed by atoms with Crippen LogP contribution in [-0.2, 0) is 6.18 Å². The number of amidine groups is 2. The van der Waals surface area contributed by atoms with Crippen LogP contribution in [0.3, 0.4) is 0 Å². The number of hydrogen-bond donors (Lipinski definition) is 6. The van der Waals surface area contributed by atoms with Gasteiger partial charge in [0.25, 0.3) is 0 Å². The number of aromatic hydroxyl groups is 2. The van der Waals surface area contributed by atoms with Crippen LogP contribution < -0.4 is 11.5 Å². The highest BCUT2D eigenvalue weighted by atomic mass is 35.5. The Morgan fingerprint density at radius 3 is 1.79 bits per heavy atom. The van der Waals surface area contributed by atoms with Crippen molar-refractivity contribution in [2.45, 2.75) is 6.18 Å². The Morgan fingerprint density at radius 2 is 1.21 bits per heavy atom. The minimum atomic E-state index is -4.79. The molecule has 6 rings (SSSR count). The molecule has 6 aromatic carbocycles. The molecule has 8 nitrogen and oxygen atoms in total. The van der Waals surface area contributed by atoms with Crippen molar-refractivity contribution in [1.82, 2.24) is 0 Å². The highest BCUT2D eigenvalue weighted by Gasteiger charge is 2.34. The molecule has 6 aromatic rings. The van der Waals surface area contributed by atoms with Crippen LogP contribution in [0, 0.1) is 29.8 Å². The first kappa shape index (κ1) is 40.1. The smallest absolute Gasteiger partial charge is 0.416 e. The summed E-state index contributed by atoms with van der Waals surface area (Å²) in [6.45, 7) is 0. The van der Waals surface area contributed by atoms with Gasteiger partial charge in [-0.1, -0.05) is 58.2 Å². The fraction of sp³-hybridized carbons (Fsp3) is 0.0244. The number of benzene rings is 6. The van der Waals surface area contributed by atoms with Crippen molar-refractivity contribution in [2.75, 3.05) is 0 Å². The van der Waals surface area contributed by atoms with Gasteiger partial charge in [0.2, 0.25) is 0 Å². The van der Waals surface area contributed by atoms with Crippen LogP contribution in [0.1, 0.15) is 22.3 Å². The van der Waals surface area contributed by atoms with Crippen molar-refractivity contribution >= 4 is 23.3 Å². The molecule has 0 aromatic heterocycles. The SMILES string of the molecule is C#Cc1ccccc1-c1c(C(N)=NO)cc(C(F)(F)F)cc1-c1ccc(O)cc1F.NC(=NO)c1cc(Cl)cc(-c2ccc(O)cc2)c1-c1cc(F)cc(F)c1. The molecule has 0 saturated carbocycles. The number of nitrogens with zero attached hydrogens (tertiary/aromatic N) is 2. The van der Waals surface area contributed by atoms with Gasteiger partial charge in [-0.05, 0) is 94.5 Å². The summed E-state index contributed by atoms with van der Waals surface area (Å²) in [7, 11) is 0. The van der Waals surface area contributed by atoms with Gasteiger partial charge in [0, 0.05) is 50.5 Å². The number of terminal acetylenes is 1. The number of halogens is 7. The summed E-state index contributed by atoms with van der Waals surface area (Å²) in [6.07, 6.45) is 0.741. The fourth-order valence-electron chi connectivity index (χ4n) is 5.85. The third kappa shape index (κ3) is 8.64. The normalized spacial score (nSPS) is 11.8. The van der Waals surface area contributed by atoms with Gasteiger partial charge in [-0.25, -0.2) is 13.2 Å². The van der Waals surface area contributed by atoms with Crippen LogP contribution in [0.15, 0.2) is 120 Å². The number of phenolic OH excluding ortho intramolecular Hbond substituents is 2. The molecule has 0 amide bonds. The van der Waals surface area contributed by atoms with Gasteiger partial charge >= 0.3 is 6.18 Å². The molecule has 0 aliphatic heterocycles. The average molecular weight is 789 g/mol. The van der Waals surface area contributed by atoms with Crippen LogP contribution in [0.2, 0.25) is 5.02 Å². The predicted molar refractivity (Wildman–Crippen MR) is 201 cm³/mol. The van der Waals surface area contributed by atoms with Gasteiger partial charge in [-0.3, -0.25) is 0 Å². The predicted octanol–water partition coefficient (Wildman–Crippen LogP) is 9.71. The summed E-state index contributed by atoms with van der Waals surface area (Å²) >= 11 is 6.16. The molecule has 284 valence electrons. The number of hydrogen-bond acceptors (Lipinski definition) is 6. The van der Waals surface area contributed by atoms with Crippen molar-refractivity contribution < 1.29 is 47.0 Å². The number of alkyl halides is 3. The maximum absolute atomic E-state index is 14.7. The maximum Gasteiger partial charge on any atom is 0.416 e. The summed E-state index contributed by atoms with van der Waals surface area (Å²) in [5.41, 5.74) is 12.2. The first-order valence-electron chi connectivity index (χ1n) is 15.9. The molecule has 15 heteroatoms. The van der Waals surface area contributed by atoms with Gasteiger partial charge in [0.15, 0.2) is 11.7 Å². The summed E-state index contributed by atoms with van der Waals surface area (Å²) in [4.78, 5) is 0. The van der Waals surface area contributed by atoms with Crippen molar-refractivity contribution in [2.24, 2.45) is 21.8 Å². The lowest BCUT2D eigenvalue weighted by atomic mass is 9.86. The van der Waals surface area contributed by atoms with Crippen LogP contribution in [-0.4, -0.2) is 32.3 Å². The van der Waals surface area contributed by atoms with E-state index in [0.29, 0.717) is 28.3 Å². The number of nitrogens with two attached hydrogens (primary N) is 2. The van der Waals surface area contributed by atoms with Gasteiger partial charge in [0.05, 0.1) is 5.56 Å². The zero-order valence-corrected chi connectivity index (χ0v) is 29.2. The molecule has 56 heavy (non-hydrogen) atoms. The van der Waals surface area contributed by atoms with E-state index >= 15 is 0 Å². The molecule has 0 heterocycles. The zero-order chi connectivity index (χ0) is 40.9. The minimum Gasteiger partial charge on any atom is -0.508 e. The summed E-state index contributed by atoms with van der Waals surface area (Å²) in [6, 6.07) is 23.1. The molecule has 0 saturated heterocycles. The third-order valence-electron chi connectivity index (χ3n) is 8.26. The van der Waals surface area contributed by atoms with Gasteiger partial charge in [-0.2, -0.15) is 13.2 Å². The quantitative estimate of drug-likeness (QED) is 0.0246. The van der Waals surface area contributed by atoms with E-state index in [4.69, 9.17) is 39.9 Å². The molecule has 0 fully saturated rings. The number of rotatable bonds is 6. The Bertz CT molecular complexity index is 2530. The number of oxime groups is 2. The zero-order valence-electron chi connectivity index (χ0n) is 28.5. The van der Waals surface area contributed by atoms with Crippen LogP contribution in [0.25, 0.3) is 44.5 Å². The summed E-state index contributed by atoms with van der Waals surface area (Å²) in [5.74, 6) is -1.27. The molecule has 0 radical (unpaired) electrons. The van der Waals surface area contributed by atoms with Crippen molar-refractivity contribution in [1.29, 1.82) is 0 Å². The van der Waals surface area contributed by atoms with E-state index in [2.05, 4.69) is 16.2 Å². The molecule has 0 spiro atoms. The first-order valence-corrected chi connectivity index (χ1v) is 16.3. The third-order valence-corrected chi connectivity index (χ3v) is 8.48. The van der Waals surface area contributed by atoms with Crippen LogP contribution in [0.4, 0.5) is 26.3 Å². The molecular weight excluding hydrogens is 762 g/mol. The Hall–Kier alpha value is -7.11. The lowest BCUT2D eigenvalue weighted by molar-refractivity contribution is -0.137. The highest BCUT2D eigenvalue weighted by Crippen LogP contribution is 2.43. The second kappa shape index (κ2) is 16.5. The lowest BCUT2D eigenvalue weighted by Crippen LogP contribution is -2.17. The standard InChI is InChI=1S/C22H14F4N2O2.C19H13ClF2N2O2/c1-2-12-5-3-4-6-15(12)20-17(16-8-7-14(29)11-19(16)23)9-13(22(24,25)26)10-18(20)21(27)28-30;20-12-7-16(10-1-3-15(25)4-2-10)18(17(8-12)19(23)24-26)11-5-13(21)9-14(22)6-11/h1,3-11,29-30H,(H2,27,28);1-9,25-26H,(H2,23,24). The molecule has 8 N–H and O–H groups in total. The van der Waals surface area contributed by atoms with Crippen LogP contribution in [0.5, 0.6) is 11.5 Å². The fourth-order valence-corrected chi connectivity index (χ4v) is 6.07. The van der Waals surface area contributed by atoms with E-state index in [-0.39, 0.29) is 55.6 Å². The lowest BCUT2D eigenvalue weighted by Gasteiger charge is -2.20. The molecule has 0 aliphatic rings. The maximum atomic E-state index is 14.7. The minimum absolute atomic E-state index is 0.0523. The van der Waals surface area contributed by atoms with E-state index in [1.165, 1.54) is 24.3 Å². The van der Waals surface area contributed by atoms with Crippen molar-refractivity contribution in [3.8, 4) is 68.4 Å². The van der Waals surface area contributed by atoms with Gasteiger partial charge in [-0.15, -0.1) is 6.42 Å². The Morgan fingerprint density at radius 1 is 0.625 bits per heavy atom. The molecule has 0 bridgehead atoms. The van der Waals surface area contributed by atoms with E-state index in [1.54, 1.807) is 36.4 Å². The van der Waals surface area contributed by atoms with E-state index in [1.807, 2.05) is 0 Å². The second-order valence-electron chi connectivity index (χ2n) is 11.8. The summed E-state index contributed by atoms with van der Waals surface area (Å²) in [5, 5.41) is 43.4. The highest BCUT2D eigenvalue weighted by molar-refractivity contribution is 6.31. The van der Waals surface area contributed by atoms with E-state index in [0.717, 1.165) is 42.5 Å². The van der Waals surface area contributed by atoms with Gasteiger partial charge in [0.1, 0.15) is 29.0 Å². The Balaban J connectivity index is 0.000000216. The van der Waals surface area contributed by atoms with Gasteiger partial charge < -0.3 is 32.1 Å². The molecular formula is C41H27ClF6N4O4. The first-order chi connectivity index (χ1) is 26.6. The second-order valence-corrected chi connectivity index (χ2v) is 12.3. The topological polar surface area (TPSA) is 158 Å². The monoisotopic (exact) mass is 788 g/mol. The van der Waals surface area contributed by atoms with Crippen LogP contribution >= 0.6 is 11.6 Å². The Kier molecular flexibility index (Phi) is 11.8. The average Bonchev–Trinajstić information content (AvgIpc) is 3.16. The molecule has 0 unspecified atom stereocenters. The molecule has 0 aliphatic carbocycles. The molecule has 0 atom stereocenters. The van der Waals surface area contributed by atoms with Crippen molar-refractivity contribution in [3.63, 3.8) is 0 Å².